The quantitative estimate of drug-likeness (QED) is 0.753. The second-order valence-electron chi connectivity index (χ2n) is 5.29. The van der Waals surface area contributed by atoms with Crippen LogP contribution in [-0.2, 0) is 11.2 Å². The molecule has 0 aliphatic heterocycles. The summed E-state index contributed by atoms with van der Waals surface area (Å²) >= 11 is 1.57. The highest BCUT2D eigenvalue weighted by Gasteiger charge is 2.10. The van der Waals surface area contributed by atoms with Gasteiger partial charge in [0.05, 0.1) is 17.1 Å². The molecule has 1 N–H and O–H groups in total. The van der Waals surface area contributed by atoms with E-state index >= 15 is 0 Å². The second-order valence-corrected chi connectivity index (χ2v) is 6.35. The van der Waals surface area contributed by atoms with Crippen molar-refractivity contribution >= 4 is 22.9 Å². The second kappa shape index (κ2) is 6.88. The molecule has 0 spiro atoms. The van der Waals surface area contributed by atoms with Gasteiger partial charge in [-0.1, -0.05) is 18.2 Å². The number of hydrogen-bond donors (Lipinski definition) is 1. The molecule has 0 aliphatic carbocycles. The molecule has 0 bridgehead atoms. The van der Waals surface area contributed by atoms with Crippen molar-refractivity contribution in [3.63, 3.8) is 0 Å². The summed E-state index contributed by atoms with van der Waals surface area (Å²) in [4.78, 5) is 16.4. The van der Waals surface area contributed by atoms with Gasteiger partial charge in [0.25, 0.3) is 0 Å². The number of nitrogens with one attached hydrogen (secondary N) is 1. The number of rotatable bonds is 4. The smallest absolute Gasteiger partial charge is 0.228 e. The van der Waals surface area contributed by atoms with Gasteiger partial charge in [0.15, 0.2) is 0 Å². The first kappa shape index (κ1) is 16.3. The third-order valence-corrected chi connectivity index (χ3v) is 4.22. The molecule has 0 radical (unpaired) electrons. The summed E-state index contributed by atoms with van der Waals surface area (Å²) in [7, 11) is 0. The summed E-state index contributed by atoms with van der Waals surface area (Å²) in [6.07, 6.45) is -0.154. The van der Waals surface area contributed by atoms with Gasteiger partial charge in [0.1, 0.15) is 11.6 Å². The van der Waals surface area contributed by atoms with Crippen molar-refractivity contribution < 1.29 is 13.6 Å². The van der Waals surface area contributed by atoms with Crippen molar-refractivity contribution in [2.45, 2.75) is 13.3 Å². The fourth-order valence-electron chi connectivity index (χ4n) is 2.26. The van der Waals surface area contributed by atoms with Crippen molar-refractivity contribution in [1.29, 1.82) is 0 Å². The number of aryl methyl sites for hydroxylation is 1. The maximum absolute atomic E-state index is 13.6. The van der Waals surface area contributed by atoms with Gasteiger partial charge in [-0.25, -0.2) is 13.8 Å². The summed E-state index contributed by atoms with van der Waals surface area (Å²) in [5.74, 6) is -1.75. The Morgan fingerprint density at radius 3 is 2.54 bits per heavy atom. The highest BCUT2D eigenvalue weighted by atomic mass is 32.1. The van der Waals surface area contributed by atoms with E-state index in [1.807, 2.05) is 24.4 Å². The number of halogens is 2. The van der Waals surface area contributed by atoms with E-state index in [1.165, 1.54) is 6.07 Å². The normalized spacial score (nSPS) is 10.6. The molecule has 0 aliphatic rings. The van der Waals surface area contributed by atoms with Crippen molar-refractivity contribution in [1.82, 2.24) is 4.98 Å². The summed E-state index contributed by atoms with van der Waals surface area (Å²) in [5.41, 5.74) is 2.62. The number of nitrogens with zero attached hydrogens (tertiary/aromatic N) is 1. The fourth-order valence-corrected chi connectivity index (χ4v) is 2.89. The van der Waals surface area contributed by atoms with Gasteiger partial charge in [-0.3, -0.25) is 4.79 Å². The summed E-state index contributed by atoms with van der Waals surface area (Å²) in [5, 5.41) is 5.66. The lowest BCUT2D eigenvalue weighted by atomic mass is 10.1. The topological polar surface area (TPSA) is 42.0 Å². The zero-order chi connectivity index (χ0) is 17.1. The van der Waals surface area contributed by atoms with Crippen LogP contribution in [0.3, 0.4) is 0 Å². The molecule has 0 unspecified atom stereocenters. The molecule has 3 nitrogen and oxygen atoms in total. The minimum absolute atomic E-state index is 0.154. The van der Waals surface area contributed by atoms with Gasteiger partial charge in [0.2, 0.25) is 5.91 Å². The molecule has 24 heavy (non-hydrogen) atoms. The standard InChI is InChI=1S/C18H14F2N2OS/c1-11-21-17(10-24-11)12-3-6-15(7-4-12)22-18(23)8-13-2-5-14(19)9-16(13)20/h2-7,9-10H,8H2,1H3,(H,22,23). The van der Waals surface area contributed by atoms with Crippen LogP contribution in [0.1, 0.15) is 10.6 Å². The van der Waals surface area contributed by atoms with Gasteiger partial charge in [0, 0.05) is 22.7 Å². The van der Waals surface area contributed by atoms with Crippen molar-refractivity contribution in [2.75, 3.05) is 5.32 Å². The van der Waals surface area contributed by atoms with Crippen LogP contribution in [0, 0.1) is 18.6 Å². The van der Waals surface area contributed by atoms with E-state index in [0.717, 1.165) is 28.4 Å². The fraction of sp³-hybridized carbons (Fsp3) is 0.111. The van der Waals surface area contributed by atoms with E-state index in [0.29, 0.717) is 5.69 Å². The molecule has 2 aromatic carbocycles. The van der Waals surface area contributed by atoms with E-state index in [4.69, 9.17) is 0 Å². The number of benzene rings is 2. The van der Waals surface area contributed by atoms with Crippen LogP contribution >= 0.6 is 11.3 Å². The van der Waals surface area contributed by atoms with Crippen LogP contribution < -0.4 is 5.32 Å². The van der Waals surface area contributed by atoms with E-state index in [-0.39, 0.29) is 17.9 Å². The Morgan fingerprint density at radius 1 is 1.17 bits per heavy atom. The Morgan fingerprint density at radius 2 is 1.92 bits per heavy atom. The molecule has 3 aromatic rings. The lowest BCUT2D eigenvalue weighted by Gasteiger charge is -2.07. The van der Waals surface area contributed by atoms with E-state index < -0.39 is 11.6 Å². The lowest BCUT2D eigenvalue weighted by molar-refractivity contribution is -0.115. The molecule has 6 heteroatoms. The SMILES string of the molecule is Cc1nc(-c2ccc(NC(=O)Cc3ccc(F)cc3F)cc2)cs1. The van der Waals surface area contributed by atoms with Gasteiger partial charge in [-0.2, -0.15) is 0 Å². The third kappa shape index (κ3) is 3.83. The largest absolute Gasteiger partial charge is 0.326 e. The molecule has 1 heterocycles. The third-order valence-electron chi connectivity index (χ3n) is 3.45. The number of carbonyl (C=O) groups excluding carboxylic acids is 1. The molecule has 3 rings (SSSR count). The van der Waals surface area contributed by atoms with Crippen molar-refractivity contribution in [3.05, 3.63) is 70.1 Å². The molecule has 0 atom stereocenters. The Hall–Kier alpha value is -2.60. The number of carbonyl (C=O) groups is 1. The number of aromatic nitrogens is 1. The summed E-state index contributed by atoms with van der Waals surface area (Å²) in [6.45, 7) is 1.94. The first-order chi connectivity index (χ1) is 11.5. The monoisotopic (exact) mass is 344 g/mol. The predicted molar refractivity (Wildman–Crippen MR) is 91.0 cm³/mol. The van der Waals surface area contributed by atoms with E-state index in [2.05, 4.69) is 10.3 Å². The highest BCUT2D eigenvalue weighted by molar-refractivity contribution is 7.09. The number of thiazole rings is 1. The summed E-state index contributed by atoms with van der Waals surface area (Å²) < 4.78 is 26.4. The molecule has 0 saturated carbocycles. The average molecular weight is 344 g/mol. The molecular formula is C18H14F2N2OS. The first-order valence-electron chi connectivity index (χ1n) is 7.27. The molecule has 0 fully saturated rings. The Kier molecular flexibility index (Phi) is 4.66. The lowest BCUT2D eigenvalue weighted by Crippen LogP contribution is -2.15. The minimum Gasteiger partial charge on any atom is -0.326 e. The van der Waals surface area contributed by atoms with Crippen molar-refractivity contribution in [2.24, 2.45) is 0 Å². The number of hydrogen-bond acceptors (Lipinski definition) is 3. The van der Waals surface area contributed by atoms with E-state index in [9.17, 15) is 13.6 Å². The highest BCUT2D eigenvalue weighted by Crippen LogP contribution is 2.23. The molecule has 1 amide bonds. The van der Waals surface area contributed by atoms with Gasteiger partial charge in [-0.05, 0) is 30.7 Å². The first-order valence-corrected chi connectivity index (χ1v) is 8.15. The van der Waals surface area contributed by atoms with Crippen LogP contribution in [-0.4, -0.2) is 10.9 Å². The van der Waals surface area contributed by atoms with Crippen LogP contribution in [0.15, 0.2) is 47.8 Å². The van der Waals surface area contributed by atoms with Crippen molar-refractivity contribution in [3.8, 4) is 11.3 Å². The maximum atomic E-state index is 13.6. The predicted octanol–water partition coefficient (Wildman–Crippen LogP) is 4.58. The van der Waals surface area contributed by atoms with Gasteiger partial charge >= 0.3 is 0 Å². The van der Waals surface area contributed by atoms with Crippen LogP contribution in [0.2, 0.25) is 0 Å². The van der Waals surface area contributed by atoms with Gasteiger partial charge < -0.3 is 5.32 Å². The zero-order valence-electron chi connectivity index (χ0n) is 12.8. The molecule has 1 aromatic heterocycles. The molecule has 122 valence electrons. The van der Waals surface area contributed by atoms with Crippen LogP contribution in [0.25, 0.3) is 11.3 Å². The zero-order valence-corrected chi connectivity index (χ0v) is 13.7. The Bertz CT molecular complexity index is 875. The minimum atomic E-state index is -0.723. The number of amides is 1. The number of anilines is 1. The average Bonchev–Trinajstić information content (AvgIpc) is 2.97. The van der Waals surface area contributed by atoms with Crippen LogP contribution in [0.5, 0.6) is 0 Å². The molecule has 0 saturated heterocycles. The van der Waals surface area contributed by atoms with E-state index in [1.54, 1.807) is 23.5 Å². The Labute approximate surface area is 142 Å². The Balaban J connectivity index is 1.66. The summed E-state index contributed by atoms with van der Waals surface area (Å²) in [6, 6.07) is 10.4. The van der Waals surface area contributed by atoms with Crippen LogP contribution in [0.4, 0.5) is 14.5 Å². The molecular weight excluding hydrogens is 330 g/mol. The van der Waals surface area contributed by atoms with Gasteiger partial charge in [-0.15, -0.1) is 11.3 Å². The maximum Gasteiger partial charge on any atom is 0.228 e.